The van der Waals surface area contributed by atoms with Gasteiger partial charge in [-0.15, -0.1) is 0 Å². The third-order valence-electron chi connectivity index (χ3n) is 4.53. The van der Waals surface area contributed by atoms with E-state index >= 15 is 0 Å². The molecule has 1 atom stereocenters. The molecule has 1 aliphatic rings. The third-order valence-corrected chi connectivity index (χ3v) is 4.53. The maximum atomic E-state index is 12.5. The second-order valence-corrected chi connectivity index (χ2v) is 6.37. The molecule has 0 saturated carbocycles. The van der Waals surface area contributed by atoms with Gasteiger partial charge >= 0.3 is 0 Å². The van der Waals surface area contributed by atoms with Crippen molar-refractivity contribution in [3.63, 3.8) is 0 Å². The summed E-state index contributed by atoms with van der Waals surface area (Å²) in [5, 5.41) is 2.84. The molecule has 2 heterocycles. The molecule has 1 aliphatic heterocycles. The van der Waals surface area contributed by atoms with Gasteiger partial charge < -0.3 is 10.2 Å². The van der Waals surface area contributed by atoms with Gasteiger partial charge in [-0.25, -0.2) is 4.98 Å². The van der Waals surface area contributed by atoms with Crippen LogP contribution in [0.15, 0.2) is 54.7 Å². The number of rotatable bonds is 5. The minimum atomic E-state index is -0.170. The number of anilines is 1. The van der Waals surface area contributed by atoms with Crippen LogP contribution in [0, 0.1) is 5.92 Å². The highest BCUT2D eigenvalue weighted by Crippen LogP contribution is 2.19. The Morgan fingerprint density at radius 1 is 1.12 bits per heavy atom. The monoisotopic (exact) mass is 337 g/mol. The average molecular weight is 337 g/mol. The minimum absolute atomic E-state index is 0.0562. The number of pyridine rings is 1. The number of benzene rings is 1. The van der Waals surface area contributed by atoms with E-state index in [0.29, 0.717) is 18.8 Å². The largest absolute Gasteiger partial charge is 0.342 e. The Morgan fingerprint density at radius 3 is 2.68 bits per heavy atom. The van der Waals surface area contributed by atoms with E-state index in [0.717, 1.165) is 31.4 Å². The lowest BCUT2D eigenvalue weighted by molar-refractivity contribution is -0.134. The summed E-state index contributed by atoms with van der Waals surface area (Å²) in [6.07, 6.45) is 4.54. The molecule has 5 heteroatoms. The van der Waals surface area contributed by atoms with Gasteiger partial charge in [-0.05, 0) is 37.0 Å². The molecule has 25 heavy (non-hydrogen) atoms. The first kappa shape index (κ1) is 17.1. The summed E-state index contributed by atoms with van der Waals surface area (Å²) in [6, 6.07) is 15.4. The van der Waals surface area contributed by atoms with Crippen LogP contribution in [-0.4, -0.2) is 34.8 Å². The van der Waals surface area contributed by atoms with Crippen molar-refractivity contribution in [3.8, 4) is 0 Å². The minimum Gasteiger partial charge on any atom is -0.342 e. The van der Waals surface area contributed by atoms with Crippen molar-refractivity contribution < 1.29 is 9.59 Å². The van der Waals surface area contributed by atoms with Gasteiger partial charge in [0.05, 0.1) is 5.92 Å². The number of aromatic nitrogens is 1. The number of amides is 2. The SMILES string of the molecule is O=C(Nc1ccccn1)C1CCCN(C(=O)CCc2ccccc2)C1. The van der Waals surface area contributed by atoms with E-state index in [-0.39, 0.29) is 17.7 Å². The van der Waals surface area contributed by atoms with Crippen molar-refractivity contribution in [1.82, 2.24) is 9.88 Å². The lowest BCUT2D eigenvalue weighted by Crippen LogP contribution is -2.43. The van der Waals surface area contributed by atoms with Crippen LogP contribution in [0.4, 0.5) is 5.82 Å². The second kappa shape index (κ2) is 8.42. The number of hydrogen-bond acceptors (Lipinski definition) is 3. The molecule has 0 aliphatic carbocycles. The van der Waals surface area contributed by atoms with Gasteiger partial charge in [-0.2, -0.15) is 0 Å². The molecule has 5 nitrogen and oxygen atoms in total. The molecule has 1 N–H and O–H groups in total. The van der Waals surface area contributed by atoms with Crippen molar-refractivity contribution in [2.75, 3.05) is 18.4 Å². The first-order valence-electron chi connectivity index (χ1n) is 8.76. The number of carbonyl (C=O) groups is 2. The zero-order chi connectivity index (χ0) is 17.5. The summed E-state index contributed by atoms with van der Waals surface area (Å²) in [6.45, 7) is 1.23. The lowest BCUT2D eigenvalue weighted by atomic mass is 9.96. The average Bonchev–Trinajstić information content (AvgIpc) is 2.68. The van der Waals surface area contributed by atoms with E-state index in [9.17, 15) is 9.59 Å². The Balaban J connectivity index is 1.51. The summed E-state index contributed by atoms with van der Waals surface area (Å²) >= 11 is 0. The predicted molar refractivity (Wildman–Crippen MR) is 96.9 cm³/mol. The van der Waals surface area contributed by atoms with Gasteiger partial charge in [0, 0.05) is 25.7 Å². The molecule has 0 radical (unpaired) electrons. The molecule has 2 aromatic rings. The van der Waals surface area contributed by atoms with Crippen LogP contribution in [-0.2, 0) is 16.0 Å². The number of likely N-dealkylation sites (tertiary alicyclic amines) is 1. The molecular formula is C20H23N3O2. The Bertz CT molecular complexity index is 703. The van der Waals surface area contributed by atoms with Crippen molar-refractivity contribution in [2.45, 2.75) is 25.7 Å². The number of hydrogen-bond donors (Lipinski definition) is 1. The number of nitrogens with one attached hydrogen (secondary N) is 1. The second-order valence-electron chi connectivity index (χ2n) is 6.37. The van der Waals surface area contributed by atoms with Crippen LogP contribution >= 0.6 is 0 Å². The Morgan fingerprint density at radius 2 is 1.92 bits per heavy atom. The summed E-state index contributed by atoms with van der Waals surface area (Å²) in [7, 11) is 0. The molecule has 1 saturated heterocycles. The molecule has 1 aromatic carbocycles. The van der Waals surface area contributed by atoms with Crippen LogP contribution in [0.3, 0.4) is 0 Å². The molecule has 1 unspecified atom stereocenters. The fourth-order valence-electron chi connectivity index (χ4n) is 3.14. The van der Waals surface area contributed by atoms with Crippen molar-refractivity contribution in [3.05, 3.63) is 60.3 Å². The number of carbonyl (C=O) groups excluding carboxylic acids is 2. The van der Waals surface area contributed by atoms with E-state index in [4.69, 9.17) is 0 Å². The van der Waals surface area contributed by atoms with E-state index < -0.39 is 0 Å². The zero-order valence-electron chi connectivity index (χ0n) is 14.2. The van der Waals surface area contributed by atoms with Gasteiger partial charge in [-0.1, -0.05) is 36.4 Å². The third kappa shape index (κ3) is 4.89. The molecule has 2 amide bonds. The highest BCUT2D eigenvalue weighted by Gasteiger charge is 2.28. The summed E-state index contributed by atoms with van der Waals surface area (Å²) in [5.41, 5.74) is 1.16. The predicted octanol–water partition coefficient (Wildman–Crippen LogP) is 2.89. The lowest BCUT2D eigenvalue weighted by Gasteiger charge is -2.32. The first-order chi connectivity index (χ1) is 12.2. The Kier molecular flexibility index (Phi) is 5.77. The van der Waals surface area contributed by atoms with E-state index in [1.54, 1.807) is 12.3 Å². The summed E-state index contributed by atoms with van der Waals surface area (Å²) < 4.78 is 0. The van der Waals surface area contributed by atoms with Gasteiger partial charge in [0.15, 0.2) is 0 Å². The van der Waals surface area contributed by atoms with Crippen molar-refractivity contribution in [2.24, 2.45) is 5.92 Å². The normalized spacial score (nSPS) is 17.1. The maximum Gasteiger partial charge on any atom is 0.230 e. The van der Waals surface area contributed by atoms with Crippen LogP contribution in [0.1, 0.15) is 24.8 Å². The fraction of sp³-hybridized carbons (Fsp3) is 0.350. The number of aryl methyl sites for hydroxylation is 1. The molecule has 1 fully saturated rings. The molecule has 0 bridgehead atoms. The fourth-order valence-corrected chi connectivity index (χ4v) is 3.14. The van der Waals surface area contributed by atoms with Gasteiger partial charge in [0.1, 0.15) is 5.82 Å². The quantitative estimate of drug-likeness (QED) is 0.912. The van der Waals surface area contributed by atoms with E-state index in [2.05, 4.69) is 10.3 Å². The molecular weight excluding hydrogens is 314 g/mol. The highest BCUT2D eigenvalue weighted by atomic mass is 16.2. The molecule has 3 rings (SSSR count). The van der Waals surface area contributed by atoms with E-state index in [1.165, 1.54) is 0 Å². The van der Waals surface area contributed by atoms with Gasteiger partial charge in [0.2, 0.25) is 11.8 Å². The Labute approximate surface area is 148 Å². The van der Waals surface area contributed by atoms with Crippen LogP contribution in [0.2, 0.25) is 0 Å². The van der Waals surface area contributed by atoms with Gasteiger partial charge in [-0.3, -0.25) is 9.59 Å². The summed E-state index contributed by atoms with van der Waals surface area (Å²) in [5.74, 6) is 0.454. The molecule has 0 spiro atoms. The molecule has 1 aromatic heterocycles. The zero-order valence-corrected chi connectivity index (χ0v) is 14.2. The smallest absolute Gasteiger partial charge is 0.230 e. The van der Waals surface area contributed by atoms with Crippen LogP contribution < -0.4 is 5.32 Å². The van der Waals surface area contributed by atoms with Gasteiger partial charge in [0.25, 0.3) is 0 Å². The highest BCUT2D eigenvalue weighted by molar-refractivity contribution is 5.92. The molecule has 130 valence electrons. The van der Waals surface area contributed by atoms with Crippen molar-refractivity contribution >= 4 is 17.6 Å². The topological polar surface area (TPSA) is 62.3 Å². The van der Waals surface area contributed by atoms with Crippen LogP contribution in [0.5, 0.6) is 0 Å². The maximum absolute atomic E-state index is 12.5. The standard InChI is InChI=1S/C20H23N3O2/c24-19(12-11-16-7-2-1-3-8-16)23-14-6-9-17(15-23)20(25)22-18-10-4-5-13-21-18/h1-5,7-8,10,13,17H,6,9,11-12,14-15H2,(H,21,22,25). The number of nitrogens with zero attached hydrogens (tertiary/aromatic N) is 2. The number of piperidine rings is 1. The van der Waals surface area contributed by atoms with E-state index in [1.807, 2.05) is 47.4 Å². The summed E-state index contributed by atoms with van der Waals surface area (Å²) in [4.78, 5) is 30.9. The Hall–Kier alpha value is -2.69. The van der Waals surface area contributed by atoms with Crippen molar-refractivity contribution in [1.29, 1.82) is 0 Å². The first-order valence-corrected chi connectivity index (χ1v) is 8.76. The van der Waals surface area contributed by atoms with Crippen LogP contribution in [0.25, 0.3) is 0 Å².